The smallest absolute Gasteiger partial charge is 0.199 e. The van der Waals surface area contributed by atoms with E-state index in [1.165, 1.54) is 12.5 Å². The van der Waals surface area contributed by atoms with Gasteiger partial charge in [0, 0.05) is 35.2 Å². The summed E-state index contributed by atoms with van der Waals surface area (Å²) in [5.74, 6) is -0.123. The summed E-state index contributed by atoms with van der Waals surface area (Å²) in [7, 11) is 0. The highest BCUT2D eigenvalue weighted by molar-refractivity contribution is 9.10. The third-order valence-electron chi connectivity index (χ3n) is 5.47. The molecule has 0 radical (unpaired) electrons. The maximum absolute atomic E-state index is 14.4. The van der Waals surface area contributed by atoms with Crippen LogP contribution in [0.2, 0.25) is 0 Å². The number of hydrogen-bond acceptors (Lipinski definition) is 5. The van der Waals surface area contributed by atoms with Crippen LogP contribution >= 0.6 is 15.9 Å². The molecule has 0 amide bonds. The number of hydrogen-bond donors (Lipinski definition) is 2. The number of halogens is 2. The molecule has 0 bridgehead atoms. The highest BCUT2D eigenvalue weighted by Crippen LogP contribution is 2.31. The van der Waals surface area contributed by atoms with Crippen molar-refractivity contribution >= 4 is 27.5 Å². The summed E-state index contributed by atoms with van der Waals surface area (Å²) in [6.07, 6.45) is 4.41. The van der Waals surface area contributed by atoms with Crippen LogP contribution in [-0.4, -0.2) is 43.7 Å². The number of rotatable bonds is 6. The number of carbonyl (C=O) groups excluding carboxylic acids is 1. The van der Waals surface area contributed by atoms with Crippen LogP contribution in [0, 0.1) is 5.92 Å². The van der Waals surface area contributed by atoms with E-state index in [1.807, 2.05) is 35.0 Å². The largest absolute Gasteiger partial charge is 0.390 e. The molecule has 6 nitrogen and oxygen atoms in total. The quantitative estimate of drug-likeness (QED) is 0.532. The van der Waals surface area contributed by atoms with E-state index in [1.54, 1.807) is 19.2 Å². The van der Waals surface area contributed by atoms with Gasteiger partial charge in [0.25, 0.3) is 0 Å². The Kier molecular flexibility index (Phi) is 5.97. The maximum Gasteiger partial charge on any atom is 0.199 e. The van der Waals surface area contributed by atoms with E-state index in [4.69, 9.17) is 0 Å². The van der Waals surface area contributed by atoms with E-state index >= 15 is 0 Å². The van der Waals surface area contributed by atoms with Crippen LogP contribution in [0.1, 0.15) is 34.8 Å². The van der Waals surface area contributed by atoms with Crippen LogP contribution in [-0.2, 0) is 6.54 Å². The average Bonchev–Trinajstić information content (AvgIpc) is 3.29. The molecule has 2 aromatic heterocycles. The summed E-state index contributed by atoms with van der Waals surface area (Å²) in [5, 5.41) is 12.9. The van der Waals surface area contributed by atoms with E-state index in [2.05, 4.69) is 31.2 Å². The first-order valence-corrected chi connectivity index (χ1v) is 10.6. The van der Waals surface area contributed by atoms with Crippen molar-refractivity contribution in [3.05, 3.63) is 76.4 Å². The minimum Gasteiger partial charge on any atom is -0.390 e. The summed E-state index contributed by atoms with van der Waals surface area (Å²) >= 11 is 3.46. The highest BCUT2D eigenvalue weighted by atomic mass is 79.9. The lowest BCUT2D eigenvalue weighted by Crippen LogP contribution is -2.32. The fourth-order valence-electron chi connectivity index (χ4n) is 3.82. The molecule has 8 heteroatoms. The van der Waals surface area contributed by atoms with Crippen LogP contribution in [0.25, 0.3) is 0 Å². The molecule has 2 N–H and O–H groups in total. The summed E-state index contributed by atoms with van der Waals surface area (Å²) in [6, 6.07) is 9.12. The Morgan fingerprint density at radius 2 is 2.23 bits per heavy atom. The van der Waals surface area contributed by atoms with Gasteiger partial charge in [0.2, 0.25) is 0 Å². The molecule has 4 atom stereocenters. The predicted molar refractivity (Wildman–Crippen MR) is 115 cm³/mol. The lowest BCUT2D eigenvalue weighted by Gasteiger charge is -2.18. The normalized spacial score (nSPS) is 23.5. The van der Waals surface area contributed by atoms with Gasteiger partial charge in [-0.2, -0.15) is 0 Å². The Balaban J connectivity index is 1.52. The van der Waals surface area contributed by atoms with Crippen LogP contribution in [0.15, 0.2) is 59.7 Å². The molecule has 3 aromatic rings. The molecule has 0 unspecified atom stereocenters. The van der Waals surface area contributed by atoms with Crippen molar-refractivity contribution in [1.29, 1.82) is 0 Å². The number of aliphatic hydroxyl groups excluding tert-OH is 1. The van der Waals surface area contributed by atoms with Crippen LogP contribution in [0.3, 0.4) is 0 Å². The van der Waals surface area contributed by atoms with E-state index in [-0.39, 0.29) is 23.1 Å². The van der Waals surface area contributed by atoms with Gasteiger partial charge in [0.05, 0.1) is 17.7 Å². The fourth-order valence-corrected chi connectivity index (χ4v) is 4.27. The number of anilines is 1. The molecule has 0 spiro atoms. The van der Waals surface area contributed by atoms with Crippen molar-refractivity contribution in [3.8, 4) is 0 Å². The van der Waals surface area contributed by atoms with Crippen molar-refractivity contribution in [3.63, 3.8) is 0 Å². The minimum absolute atomic E-state index is 0.162. The molecular formula is C22H22BrFN4O2. The third kappa shape index (κ3) is 4.29. The summed E-state index contributed by atoms with van der Waals surface area (Å²) < 4.78 is 17.3. The monoisotopic (exact) mass is 472 g/mol. The average molecular weight is 473 g/mol. The van der Waals surface area contributed by atoms with Crippen molar-refractivity contribution < 1.29 is 14.3 Å². The summed E-state index contributed by atoms with van der Waals surface area (Å²) in [6.45, 7) is 2.43. The molecule has 2 heterocycles. The van der Waals surface area contributed by atoms with Gasteiger partial charge in [-0.05, 0) is 36.1 Å². The first kappa shape index (κ1) is 20.7. The lowest BCUT2D eigenvalue weighted by atomic mass is 10.1. The number of alkyl halides is 1. The van der Waals surface area contributed by atoms with Crippen molar-refractivity contribution in [2.24, 2.45) is 5.92 Å². The van der Waals surface area contributed by atoms with E-state index in [9.17, 15) is 14.3 Å². The molecule has 1 aliphatic rings. The van der Waals surface area contributed by atoms with Crippen LogP contribution in [0.5, 0.6) is 0 Å². The number of aliphatic hydroxyl groups is 1. The van der Waals surface area contributed by atoms with Crippen molar-refractivity contribution in [1.82, 2.24) is 14.5 Å². The Hall–Kier alpha value is -2.58. The Morgan fingerprint density at radius 1 is 1.40 bits per heavy atom. The third-order valence-corrected chi connectivity index (χ3v) is 5.96. The van der Waals surface area contributed by atoms with Gasteiger partial charge in [-0.15, -0.1) is 0 Å². The van der Waals surface area contributed by atoms with Crippen molar-refractivity contribution in [2.45, 2.75) is 38.2 Å². The molecule has 4 rings (SSSR count). The zero-order valence-corrected chi connectivity index (χ0v) is 18.0. The Bertz CT molecular complexity index is 1060. The van der Waals surface area contributed by atoms with Gasteiger partial charge in [-0.1, -0.05) is 35.0 Å². The van der Waals surface area contributed by atoms with Gasteiger partial charge < -0.3 is 15.0 Å². The number of carbonyl (C=O) groups is 1. The number of nitrogens with one attached hydrogen (secondary N) is 1. The first-order valence-electron chi connectivity index (χ1n) is 9.76. The number of ketones is 1. The Morgan fingerprint density at radius 3 is 2.97 bits per heavy atom. The molecular weight excluding hydrogens is 451 g/mol. The number of benzene rings is 1. The molecule has 0 aliphatic heterocycles. The molecule has 1 fully saturated rings. The summed E-state index contributed by atoms with van der Waals surface area (Å²) in [4.78, 5) is 21.2. The SMILES string of the molecule is C[C@@H]1C[C@@H](Nc2ncncc2C(=O)c2ccn(Cc3cccc(Br)c3)c2)[C@@H](F)[C@@H]1O. The standard InChI is InChI=1S/C22H22BrFN4O2/c1-13-7-18(19(24)20(13)29)27-22-17(9-25-12-26-22)21(30)15-5-6-28(11-15)10-14-3-2-4-16(23)8-14/h2-6,8-9,11-13,18-20,29H,7,10H2,1H3,(H,25,26,27)/t13-,18-,19-,20-/m1/s1. The van der Waals surface area contributed by atoms with Gasteiger partial charge in [-0.3, -0.25) is 4.79 Å². The second-order valence-electron chi connectivity index (χ2n) is 7.72. The molecule has 1 aliphatic carbocycles. The summed E-state index contributed by atoms with van der Waals surface area (Å²) in [5.41, 5.74) is 1.88. The van der Waals surface area contributed by atoms with E-state index in [0.29, 0.717) is 18.5 Å². The number of nitrogens with zero attached hydrogens (tertiary/aromatic N) is 3. The van der Waals surface area contributed by atoms with Gasteiger partial charge in [0.1, 0.15) is 18.3 Å². The van der Waals surface area contributed by atoms with E-state index < -0.39 is 18.3 Å². The zero-order valence-electron chi connectivity index (χ0n) is 16.4. The second kappa shape index (κ2) is 8.65. The minimum atomic E-state index is -1.41. The van der Waals surface area contributed by atoms with Gasteiger partial charge in [0.15, 0.2) is 5.78 Å². The van der Waals surface area contributed by atoms with Gasteiger partial charge in [-0.25, -0.2) is 14.4 Å². The van der Waals surface area contributed by atoms with E-state index in [0.717, 1.165) is 10.0 Å². The van der Waals surface area contributed by atoms with Crippen molar-refractivity contribution in [2.75, 3.05) is 5.32 Å². The first-order chi connectivity index (χ1) is 14.4. The highest BCUT2D eigenvalue weighted by Gasteiger charge is 2.41. The van der Waals surface area contributed by atoms with Crippen LogP contribution in [0.4, 0.5) is 10.2 Å². The molecule has 1 saturated carbocycles. The van der Waals surface area contributed by atoms with Crippen LogP contribution < -0.4 is 5.32 Å². The molecule has 1 aromatic carbocycles. The zero-order chi connectivity index (χ0) is 21.3. The molecule has 156 valence electrons. The predicted octanol–water partition coefficient (Wildman–Crippen LogP) is 3.84. The molecule has 0 saturated heterocycles. The van der Waals surface area contributed by atoms with Gasteiger partial charge >= 0.3 is 0 Å². The Labute approximate surface area is 182 Å². The maximum atomic E-state index is 14.4. The number of aromatic nitrogens is 3. The topological polar surface area (TPSA) is 80.0 Å². The molecule has 30 heavy (non-hydrogen) atoms. The lowest BCUT2D eigenvalue weighted by molar-refractivity contribution is 0.0725. The second-order valence-corrected chi connectivity index (χ2v) is 8.63. The fraction of sp³-hybridized carbons (Fsp3) is 0.318.